The van der Waals surface area contributed by atoms with Gasteiger partial charge >= 0.3 is 0 Å². The molecule has 0 bridgehead atoms. The molecular weight excluding hydrogens is 414 g/mol. The summed E-state index contributed by atoms with van der Waals surface area (Å²) in [7, 11) is 1.91. The van der Waals surface area contributed by atoms with Crippen LogP contribution in [0.4, 0.5) is 11.4 Å². The minimum Gasteiger partial charge on any atom is -0.399 e. The molecule has 0 aliphatic heterocycles. The number of hydrogen-bond acceptors (Lipinski definition) is 3. The molecule has 0 aromatic heterocycles. The summed E-state index contributed by atoms with van der Waals surface area (Å²) in [4.78, 5) is 0. The van der Waals surface area contributed by atoms with Crippen molar-refractivity contribution in [3.8, 4) is 6.07 Å². The fourth-order valence-corrected chi connectivity index (χ4v) is 2.63. The Balaban J connectivity index is 0.000000411. The molecule has 3 aromatic carbocycles. The minimum absolute atomic E-state index is 0.838. The van der Waals surface area contributed by atoms with E-state index in [4.69, 9.17) is 11.0 Å². The number of anilines is 2. The van der Waals surface area contributed by atoms with Gasteiger partial charge in [-0.15, -0.1) is 0 Å². The van der Waals surface area contributed by atoms with Crippen molar-refractivity contribution in [2.75, 3.05) is 18.1 Å². The zero-order valence-corrected chi connectivity index (χ0v) is 21.7. The first-order chi connectivity index (χ1) is 16.3. The highest BCUT2D eigenvalue weighted by molar-refractivity contribution is 5.41. The van der Waals surface area contributed by atoms with E-state index in [1.165, 1.54) is 42.0 Å². The van der Waals surface area contributed by atoms with E-state index in [0.29, 0.717) is 0 Å². The van der Waals surface area contributed by atoms with Crippen molar-refractivity contribution in [1.29, 1.82) is 5.26 Å². The Hall–Kier alpha value is -3.77. The number of rotatable bonds is 1. The average Bonchev–Trinajstić information content (AvgIpc) is 2.84. The van der Waals surface area contributed by atoms with Gasteiger partial charge in [-0.25, -0.2) is 0 Å². The zero-order chi connectivity index (χ0) is 25.6. The Morgan fingerprint density at radius 2 is 1.35 bits per heavy atom. The van der Waals surface area contributed by atoms with Crippen molar-refractivity contribution < 1.29 is 0 Å². The predicted octanol–water partition coefficient (Wildman–Crippen LogP) is 8.42. The second-order valence-corrected chi connectivity index (χ2v) is 7.89. The van der Waals surface area contributed by atoms with E-state index in [-0.39, 0.29) is 0 Å². The molecule has 180 valence electrons. The molecule has 0 fully saturated rings. The Bertz CT molecular complexity index is 957. The molecule has 0 unspecified atom stereocenters. The van der Waals surface area contributed by atoms with Crippen LogP contribution in [0.15, 0.2) is 103 Å². The van der Waals surface area contributed by atoms with Gasteiger partial charge in [-0.2, -0.15) is 5.26 Å². The number of benzene rings is 3. The molecule has 1 aliphatic carbocycles. The van der Waals surface area contributed by atoms with Gasteiger partial charge in [0.25, 0.3) is 0 Å². The first-order valence-corrected chi connectivity index (χ1v) is 11.5. The van der Waals surface area contributed by atoms with Gasteiger partial charge in [0.05, 0.1) is 6.07 Å². The Morgan fingerprint density at radius 3 is 1.65 bits per heavy atom. The maximum atomic E-state index is 7.32. The number of nitriles is 1. The summed E-state index contributed by atoms with van der Waals surface area (Å²) in [5.74, 6) is 0. The lowest BCUT2D eigenvalue weighted by molar-refractivity contribution is 0.962. The van der Waals surface area contributed by atoms with Crippen LogP contribution in [0.25, 0.3) is 0 Å². The van der Waals surface area contributed by atoms with Gasteiger partial charge in [0.1, 0.15) is 0 Å². The number of para-hydroxylation sites is 1. The number of nitrogens with one attached hydrogen (secondary N) is 1. The molecule has 3 N–H and O–H groups in total. The number of nitrogens with zero attached hydrogens (tertiary/aromatic N) is 1. The molecule has 0 radical (unpaired) electrons. The Morgan fingerprint density at radius 1 is 0.794 bits per heavy atom. The fourth-order valence-electron chi connectivity index (χ4n) is 2.63. The van der Waals surface area contributed by atoms with Gasteiger partial charge in [-0.1, -0.05) is 89.5 Å². The first-order valence-electron chi connectivity index (χ1n) is 11.5. The third-order valence-electron chi connectivity index (χ3n) is 4.54. The van der Waals surface area contributed by atoms with Crippen molar-refractivity contribution in [2.45, 2.75) is 47.5 Å². The number of nitrogens with two attached hydrogens (primary N) is 1. The summed E-state index contributed by atoms with van der Waals surface area (Å²) in [6.07, 6.45) is 8.99. The predicted molar refractivity (Wildman–Crippen MR) is 151 cm³/mol. The van der Waals surface area contributed by atoms with E-state index in [2.05, 4.69) is 68.6 Å². The lowest BCUT2D eigenvalue weighted by Crippen LogP contribution is -1.84. The van der Waals surface area contributed by atoms with E-state index in [0.717, 1.165) is 11.4 Å². The first kappa shape index (κ1) is 30.2. The van der Waals surface area contributed by atoms with Crippen LogP contribution in [0.2, 0.25) is 0 Å². The van der Waals surface area contributed by atoms with Crippen molar-refractivity contribution in [3.63, 3.8) is 0 Å². The van der Waals surface area contributed by atoms with Gasteiger partial charge in [0.15, 0.2) is 0 Å². The SMILES string of the molecule is CC#N.CC1=CC=CCC1.CNc1ccccc1.Cc1ccc(C)cc1.Cc1cccc(N)c1. The third kappa shape index (κ3) is 17.9. The molecule has 3 aromatic rings. The number of hydrogen-bond donors (Lipinski definition) is 2. The molecule has 0 spiro atoms. The van der Waals surface area contributed by atoms with E-state index in [9.17, 15) is 0 Å². The average molecular weight is 456 g/mol. The van der Waals surface area contributed by atoms with Crippen LogP contribution in [-0.4, -0.2) is 7.05 Å². The number of nitrogen functional groups attached to an aromatic ring is 1. The van der Waals surface area contributed by atoms with Crippen LogP contribution in [-0.2, 0) is 0 Å². The molecule has 3 nitrogen and oxygen atoms in total. The molecular formula is C31H41N3. The van der Waals surface area contributed by atoms with E-state index >= 15 is 0 Å². The molecule has 4 rings (SSSR count). The van der Waals surface area contributed by atoms with Crippen molar-refractivity contribution in [2.24, 2.45) is 0 Å². The van der Waals surface area contributed by atoms with E-state index < -0.39 is 0 Å². The summed E-state index contributed by atoms with van der Waals surface area (Å²) in [6, 6.07) is 28.1. The molecule has 0 heterocycles. The highest BCUT2D eigenvalue weighted by atomic mass is 14.8. The molecule has 0 saturated carbocycles. The number of allylic oxidation sites excluding steroid dienone is 4. The fraction of sp³-hybridized carbons (Fsp3) is 0.258. The Kier molecular flexibility index (Phi) is 17.7. The smallest absolute Gasteiger partial charge is 0.0587 e. The maximum absolute atomic E-state index is 7.32. The van der Waals surface area contributed by atoms with Crippen LogP contribution in [0.5, 0.6) is 0 Å². The van der Waals surface area contributed by atoms with Crippen LogP contribution in [0, 0.1) is 32.1 Å². The lowest BCUT2D eigenvalue weighted by Gasteiger charge is -1.98. The van der Waals surface area contributed by atoms with Crippen LogP contribution in [0.1, 0.15) is 43.4 Å². The molecule has 1 aliphatic rings. The molecule has 3 heteroatoms. The topological polar surface area (TPSA) is 61.8 Å². The summed E-state index contributed by atoms with van der Waals surface area (Å²) >= 11 is 0. The molecule has 0 atom stereocenters. The molecule has 0 saturated heterocycles. The minimum atomic E-state index is 0.838. The quantitative estimate of drug-likeness (QED) is 0.362. The van der Waals surface area contributed by atoms with Crippen LogP contribution in [0.3, 0.4) is 0 Å². The summed E-state index contributed by atoms with van der Waals surface area (Å²) in [5.41, 5.74) is 12.8. The normalized spacial score (nSPS) is 10.6. The molecule has 34 heavy (non-hydrogen) atoms. The largest absolute Gasteiger partial charge is 0.399 e. The van der Waals surface area contributed by atoms with Crippen molar-refractivity contribution in [3.05, 3.63) is 119 Å². The van der Waals surface area contributed by atoms with Gasteiger partial charge in [0, 0.05) is 25.3 Å². The Labute approximate surface area is 207 Å². The second-order valence-electron chi connectivity index (χ2n) is 7.89. The lowest BCUT2D eigenvalue weighted by atomic mass is 10.1. The zero-order valence-electron chi connectivity index (χ0n) is 21.7. The number of aryl methyl sites for hydroxylation is 3. The van der Waals surface area contributed by atoms with Gasteiger partial charge in [0.2, 0.25) is 0 Å². The monoisotopic (exact) mass is 455 g/mol. The summed E-state index contributed by atoms with van der Waals surface area (Å²) < 4.78 is 0. The van der Waals surface area contributed by atoms with Gasteiger partial charge in [-0.3, -0.25) is 0 Å². The molecule has 0 amide bonds. The van der Waals surface area contributed by atoms with Gasteiger partial charge in [-0.05, 0) is 70.4 Å². The summed E-state index contributed by atoms with van der Waals surface area (Å²) in [6.45, 7) is 9.82. The highest BCUT2D eigenvalue weighted by Gasteiger charge is 1.88. The maximum Gasteiger partial charge on any atom is 0.0587 e. The van der Waals surface area contributed by atoms with Crippen LogP contribution >= 0.6 is 0 Å². The second kappa shape index (κ2) is 19.9. The van der Waals surface area contributed by atoms with Crippen LogP contribution < -0.4 is 11.1 Å². The van der Waals surface area contributed by atoms with Crippen molar-refractivity contribution >= 4 is 11.4 Å². The van der Waals surface area contributed by atoms with Crippen molar-refractivity contribution in [1.82, 2.24) is 0 Å². The van der Waals surface area contributed by atoms with E-state index in [1.54, 1.807) is 6.07 Å². The van der Waals surface area contributed by atoms with Gasteiger partial charge < -0.3 is 11.1 Å². The standard InChI is InChI=1S/C8H10.2C7H9N.C7H10.C2H3N/c1-7-3-5-8(2)6-4-7;1-6-3-2-4-7(8)5-6;1-8-7-5-3-2-4-6-7;1-7-5-3-2-4-6-7;1-2-3/h3-6H,1-2H3;2-5H,8H2,1H3;2-6,8H,1H3;2-3,5H,4,6H2,1H3;1H3. The highest BCUT2D eigenvalue weighted by Crippen LogP contribution is 2.09. The third-order valence-corrected chi connectivity index (χ3v) is 4.54. The summed E-state index contributed by atoms with van der Waals surface area (Å²) in [5, 5.41) is 10.3. The van der Waals surface area contributed by atoms with E-state index in [1.807, 2.05) is 68.6 Å².